The third-order valence-electron chi connectivity index (χ3n) is 4.43. The maximum Gasteiger partial charge on any atom is 0.231 e. The number of thiophene rings is 1. The van der Waals surface area contributed by atoms with Crippen LogP contribution in [-0.4, -0.2) is 9.97 Å². The number of benzene rings is 3. The standard InChI is InChI=1S/C22H13BrN2OS/c23-17-8-5-15(6-9-17)19-12-27-22-20(19)21(24-13-25-22)26-18-10-7-14-3-1-2-4-16(14)11-18/h1-13H. The summed E-state index contributed by atoms with van der Waals surface area (Å²) in [5.74, 6) is 1.34. The number of hydrogen-bond donors (Lipinski definition) is 0. The number of fused-ring (bicyclic) bond motifs is 2. The first-order valence-corrected chi connectivity index (χ1v) is 10.1. The topological polar surface area (TPSA) is 35.0 Å². The van der Waals surface area contributed by atoms with Gasteiger partial charge in [0.2, 0.25) is 5.88 Å². The van der Waals surface area contributed by atoms with Gasteiger partial charge in [-0.1, -0.05) is 58.4 Å². The van der Waals surface area contributed by atoms with E-state index in [2.05, 4.69) is 61.6 Å². The Morgan fingerprint density at radius 1 is 0.852 bits per heavy atom. The second-order valence-electron chi connectivity index (χ2n) is 6.13. The molecule has 5 heteroatoms. The number of hydrogen-bond acceptors (Lipinski definition) is 4. The first kappa shape index (κ1) is 16.4. The van der Waals surface area contributed by atoms with Gasteiger partial charge >= 0.3 is 0 Å². The van der Waals surface area contributed by atoms with E-state index in [9.17, 15) is 0 Å². The van der Waals surface area contributed by atoms with Gasteiger partial charge in [0.1, 0.15) is 16.9 Å². The van der Waals surface area contributed by atoms with Gasteiger partial charge < -0.3 is 4.74 Å². The molecule has 0 aliphatic carbocycles. The van der Waals surface area contributed by atoms with Crippen molar-refractivity contribution in [2.75, 3.05) is 0 Å². The zero-order valence-electron chi connectivity index (χ0n) is 14.1. The largest absolute Gasteiger partial charge is 0.438 e. The summed E-state index contributed by atoms with van der Waals surface area (Å²) >= 11 is 5.09. The van der Waals surface area contributed by atoms with Gasteiger partial charge in [-0.05, 0) is 40.6 Å². The SMILES string of the molecule is Brc1ccc(-c2csc3ncnc(Oc4ccc5ccccc5c4)c23)cc1. The van der Waals surface area contributed by atoms with Crippen molar-refractivity contribution in [2.45, 2.75) is 0 Å². The number of aromatic nitrogens is 2. The predicted molar refractivity (Wildman–Crippen MR) is 115 cm³/mol. The van der Waals surface area contributed by atoms with Crippen molar-refractivity contribution in [3.63, 3.8) is 0 Å². The smallest absolute Gasteiger partial charge is 0.231 e. The molecule has 0 spiro atoms. The third-order valence-corrected chi connectivity index (χ3v) is 5.84. The van der Waals surface area contributed by atoms with E-state index in [1.54, 1.807) is 17.7 Å². The Kier molecular flexibility index (Phi) is 4.11. The van der Waals surface area contributed by atoms with Gasteiger partial charge in [0.15, 0.2) is 0 Å². The molecule has 27 heavy (non-hydrogen) atoms. The lowest BCUT2D eigenvalue weighted by atomic mass is 10.1. The summed E-state index contributed by atoms with van der Waals surface area (Å²) in [6.45, 7) is 0. The average Bonchev–Trinajstić information content (AvgIpc) is 3.14. The van der Waals surface area contributed by atoms with Crippen molar-refractivity contribution >= 4 is 48.3 Å². The molecule has 0 aliphatic heterocycles. The molecule has 2 heterocycles. The minimum Gasteiger partial charge on any atom is -0.438 e. The maximum absolute atomic E-state index is 6.19. The summed E-state index contributed by atoms with van der Waals surface area (Å²) in [4.78, 5) is 9.75. The van der Waals surface area contributed by atoms with E-state index >= 15 is 0 Å². The van der Waals surface area contributed by atoms with Gasteiger partial charge in [-0.3, -0.25) is 0 Å². The molecule has 3 aromatic carbocycles. The lowest BCUT2D eigenvalue weighted by Gasteiger charge is -2.08. The van der Waals surface area contributed by atoms with Gasteiger partial charge in [-0.25, -0.2) is 9.97 Å². The Morgan fingerprint density at radius 2 is 1.67 bits per heavy atom. The molecular weight excluding hydrogens is 420 g/mol. The molecule has 0 unspecified atom stereocenters. The summed E-state index contributed by atoms with van der Waals surface area (Å²) in [5.41, 5.74) is 2.20. The Hall–Kier alpha value is -2.76. The molecule has 0 saturated carbocycles. The lowest BCUT2D eigenvalue weighted by Crippen LogP contribution is -1.91. The van der Waals surface area contributed by atoms with Gasteiger partial charge in [0.05, 0.1) is 5.39 Å². The van der Waals surface area contributed by atoms with Gasteiger partial charge in [-0.15, -0.1) is 11.3 Å². The quantitative estimate of drug-likeness (QED) is 0.305. The van der Waals surface area contributed by atoms with Gasteiger partial charge in [0, 0.05) is 15.4 Å². The van der Waals surface area contributed by atoms with E-state index in [0.717, 1.165) is 37.0 Å². The van der Waals surface area contributed by atoms with Crippen LogP contribution in [0.4, 0.5) is 0 Å². The van der Waals surface area contributed by atoms with Crippen molar-refractivity contribution in [1.29, 1.82) is 0 Å². The minimum atomic E-state index is 0.578. The molecule has 0 fully saturated rings. The molecular formula is C22H13BrN2OS. The van der Waals surface area contributed by atoms with Crippen molar-refractivity contribution in [2.24, 2.45) is 0 Å². The normalized spacial score (nSPS) is 11.1. The van der Waals surface area contributed by atoms with Crippen LogP contribution < -0.4 is 4.74 Å². The van der Waals surface area contributed by atoms with Crippen LogP contribution in [0.2, 0.25) is 0 Å². The number of nitrogens with zero attached hydrogens (tertiary/aromatic N) is 2. The Balaban J connectivity index is 1.62. The predicted octanol–water partition coefficient (Wildman–Crippen LogP) is 7.07. The Bertz CT molecular complexity index is 1260. The Morgan fingerprint density at radius 3 is 2.52 bits per heavy atom. The highest BCUT2D eigenvalue weighted by atomic mass is 79.9. The zero-order chi connectivity index (χ0) is 18.2. The van der Waals surface area contributed by atoms with E-state index in [-0.39, 0.29) is 0 Å². The lowest BCUT2D eigenvalue weighted by molar-refractivity contribution is 0.469. The molecule has 3 nitrogen and oxygen atoms in total. The molecule has 5 aromatic rings. The Labute approximate surface area is 168 Å². The molecule has 0 radical (unpaired) electrons. The van der Waals surface area contributed by atoms with E-state index in [0.29, 0.717) is 5.88 Å². The molecule has 0 aliphatic rings. The van der Waals surface area contributed by atoms with Crippen LogP contribution in [0.1, 0.15) is 0 Å². The monoisotopic (exact) mass is 432 g/mol. The average molecular weight is 433 g/mol. The fourth-order valence-corrected chi connectivity index (χ4v) is 4.28. The van der Waals surface area contributed by atoms with Gasteiger partial charge in [0.25, 0.3) is 0 Å². The van der Waals surface area contributed by atoms with E-state index in [1.165, 1.54) is 5.39 Å². The van der Waals surface area contributed by atoms with Crippen LogP contribution in [0.25, 0.3) is 32.1 Å². The van der Waals surface area contributed by atoms with Crippen LogP contribution >= 0.6 is 27.3 Å². The second-order valence-corrected chi connectivity index (χ2v) is 7.90. The summed E-state index contributed by atoms with van der Waals surface area (Å²) < 4.78 is 7.24. The molecule has 0 amide bonds. The van der Waals surface area contributed by atoms with E-state index in [4.69, 9.17) is 4.74 Å². The minimum absolute atomic E-state index is 0.578. The summed E-state index contributed by atoms with van der Waals surface area (Å²) in [6.07, 6.45) is 1.56. The third kappa shape index (κ3) is 3.09. The molecule has 130 valence electrons. The molecule has 0 atom stereocenters. The van der Waals surface area contributed by atoms with Crippen LogP contribution in [-0.2, 0) is 0 Å². The highest BCUT2D eigenvalue weighted by Crippen LogP contribution is 2.39. The molecule has 0 saturated heterocycles. The van der Waals surface area contributed by atoms with Crippen LogP contribution in [0, 0.1) is 0 Å². The van der Waals surface area contributed by atoms with Gasteiger partial charge in [-0.2, -0.15) is 0 Å². The summed E-state index contributed by atoms with van der Waals surface area (Å²) in [7, 11) is 0. The number of rotatable bonds is 3. The highest BCUT2D eigenvalue weighted by molar-refractivity contribution is 9.10. The number of halogens is 1. The molecule has 0 N–H and O–H groups in total. The van der Waals surface area contributed by atoms with Crippen molar-refractivity contribution in [1.82, 2.24) is 9.97 Å². The zero-order valence-corrected chi connectivity index (χ0v) is 16.5. The van der Waals surface area contributed by atoms with E-state index < -0.39 is 0 Å². The van der Waals surface area contributed by atoms with Crippen molar-refractivity contribution < 1.29 is 4.74 Å². The van der Waals surface area contributed by atoms with Crippen LogP contribution in [0.3, 0.4) is 0 Å². The second kappa shape index (κ2) is 6.76. The van der Waals surface area contributed by atoms with Crippen LogP contribution in [0.5, 0.6) is 11.6 Å². The number of ether oxygens (including phenoxy) is 1. The highest BCUT2D eigenvalue weighted by Gasteiger charge is 2.15. The molecule has 5 rings (SSSR count). The molecule has 0 bridgehead atoms. The van der Waals surface area contributed by atoms with Crippen LogP contribution in [0.15, 0.2) is 82.9 Å². The molecule has 2 aromatic heterocycles. The summed E-state index contributed by atoms with van der Waals surface area (Å²) in [5, 5.41) is 5.37. The first-order chi connectivity index (χ1) is 13.3. The first-order valence-electron chi connectivity index (χ1n) is 8.43. The fraction of sp³-hybridized carbons (Fsp3) is 0. The maximum atomic E-state index is 6.19. The fourth-order valence-electron chi connectivity index (χ4n) is 3.11. The summed E-state index contributed by atoms with van der Waals surface area (Å²) in [6, 6.07) is 22.5. The van der Waals surface area contributed by atoms with Crippen molar-refractivity contribution in [3.8, 4) is 22.8 Å². The van der Waals surface area contributed by atoms with Crippen molar-refractivity contribution in [3.05, 3.63) is 82.9 Å². The van der Waals surface area contributed by atoms with E-state index in [1.807, 2.05) is 36.4 Å².